The smallest absolute Gasteiger partial charge is 0.387 e. The average molecular weight is 493 g/mol. The zero-order valence-corrected chi connectivity index (χ0v) is 19.6. The van der Waals surface area contributed by atoms with Gasteiger partial charge in [0.15, 0.2) is 10.9 Å². The van der Waals surface area contributed by atoms with Gasteiger partial charge in [0, 0.05) is 11.1 Å². The number of ether oxygens (including phenoxy) is 1. The van der Waals surface area contributed by atoms with Crippen LogP contribution in [0.5, 0.6) is 5.75 Å². The van der Waals surface area contributed by atoms with Gasteiger partial charge in [0.05, 0.1) is 22.2 Å². The van der Waals surface area contributed by atoms with Crippen LogP contribution in [-0.4, -0.2) is 27.7 Å². The molecule has 9 heteroatoms. The van der Waals surface area contributed by atoms with Crippen LogP contribution >= 0.6 is 23.4 Å². The highest BCUT2D eigenvalue weighted by atomic mass is 35.5. The molecule has 0 amide bonds. The van der Waals surface area contributed by atoms with Crippen molar-refractivity contribution in [3.05, 3.63) is 62.9 Å². The molecule has 5 nitrogen and oxygen atoms in total. The molecule has 1 aromatic heterocycles. The zero-order chi connectivity index (χ0) is 23.5. The van der Waals surface area contributed by atoms with Crippen LogP contribution in [0.3, 0.4) is 0 Å². The number of rotatable bonds is 7. The Labute approximate surface area is 199 Å². The second-order valence-corrected chi connectivity index (χ2v) is 9.49. The van der Waals surface area contributed by atoms with Gasteiger partial charge in [0.1, 0.15) is 5.75 Å². The number of benzene rings is 2. The van der Waals surface area contributed by atoms with Gasteiger partial charge in [-0.15, -0.1) is 0 Å². The number of aromatic nitrogens is 2. The van der Waals surface area contributed by atoms with Crippen LogP contribution in [0.2, 0.25) is 5.02 Å². The van der Waals surface area contributed by atoms with Gasteiger partial charge in [-0.3, -0.25) is 14.2 Å². The van der Waals surface area contributed by atoms with E-state index in [4.69, 9.17) is 11.6 Å². The summed E-state index contributed by atoms with van der Waals surface area (Å²) in [5.41, 5.74) is 1.14. The van der Waals surface area contributed by atoms with Gasteiger partial charge in [-0.1, -0.05) is 54.3 Å². The second kappa shape index (κ2) is 10.2. The molecular weight excluding hydrogens is 470 g/mol. The number of alkyl halides is 2. The lowest BCUT2D eigenvalue weighted by Crippen LogP contribution is -2.29. The molecule has 0 saturated heterocycles. The number of nitrogens with zero attached hydrogens (tertiary/aromatic N) is 2. The lowest BCUT2D eigenvalue weighted by Gasteiger charge is -2.26. The number of halogens is 3. The number of fused-ring (bicyclic) bond motifs is 1. The molecule has 1 heterocycles. The Kier molecular flexibility index (Phi) is 7.34. The summed E-state index contributed by atoms with van der Waals surface area (Å²) < 4.78 is 31.8. The van der Waals surface area contributed by atoms with E-state index in [9.17, 15) is 18.4 Å². The molecular formula is C24H23ClF2N2O3S. The molecule has 0 unspecified atom stereocenters. The Morgan fingerprint density at radius 1 is 1.21 bits per heavy atom. The van der Waals surface area contributed by atoms with Crippen molar-refractivity contribution in [1.82, 2.24) is 9.55 Å². The highest BCUT2D eigenvalue weighted by molar-refractivity contribution is 7.99. The number of hydrogen-bond donors (Lipinski definition) is 0. The Balaban J connectivity index is 1.69. The summed E-state index contributed by atoms with van der Waals surface area (Å²) in [5.74, 6) is -0.618. The lowest BCUT2D eigenvalue weighted by molar-refractivity contribution is -0.0501. The summed E-state index contributed by atoms with van der Waals surface area (Å²) in [4.78, 5) is 31.0. The van der Waals surface area contributed by atoms with E-state index in [1.54, 1.807) is 35.8 Å². The van der Waals surface area contributed by atoms with Crippen molar-refractivity contribution in [2.45, 2.75) is 56.8 Å². The third kappa shape index (κ3) is 5.38. The largest absolute Gasteiger partial charge is 0.434 e. The number of aryl methyl sites for hydroxylation is 1. The van der Waals surface area contributed by atoms with Gasteiger partial charge in [0.2, 0.25) is 0 Å². The molecule has 1 fully saturated rings. The van der Waals surface area contributed by atoms with Crippen molar-refractivity contribution in [3.8, 4) is 5.75 Å². The molecule has 1 saturated carbocycles. The van der Waals surface area contributed by atoms with Crippen LogP contribution in [0.1, 0.15) is 54.1 Å². The Bertz CT molecular complexity index is 1240. The van der Waals surface area contributed by atoms with Gasteiger partial charge >= 0.3 is 6.61 Å². The number of carbonyl (C=O) groups is 1. The van der Waals surface area contributed by atoms with Gasteiger partial charge in [0.25, 0.3) is 5.56 Å². The summed E-state index contributed by atoms with van der Waals surface area (Å²) in [6.45, 7) is -1.26. The van der Waals surface area contributed by atoms with E-state index in [1.807, 2.05) is 0 Å². The standard InChI is InChI=1S/C24H23ClF2N2O3S/c1-14-7-10-21(32-23(26)27)18(11-14)20(30)13-33-24-28-19-12-15(25)8-9-17(19)22(31)29(24)16-5-3-2-4-6-16/h7-12,16,23H,2-6,13H2,1H3. The lowest BCUT2D eigenvalue weighted by atomic mass is 9.95. The van der Waals surface area contributed by atoms with E-state index in [-0.39, 0.29) is 34.5 Å². The van der Waals surface area contributed by atoms with Crippen LogP contribution < -0.4 is 10.3 Å². The van der Waals surface area contributed by atoms with Crippen LogP contribution in [0.25, 0.3) is 10.9 Å². The minimum absolute atomic E-state index is 0.00753. The fourth-order valence-electron chi connectivity index (χ4n) is 4.18. The van der Waals surface area contributed by atoms with Crippen molar-refractivity contribution >= 4 is 40.0 Å². The monoisotopic (exact) mass is 492 g/mol. The van der Waals surface area contributed by atoms with E-state index in [1.165, 1.54) is 12.1 Å². The average Bonchev–Trinajstić information content (AvgIpc) is 2.78. The van der Waals surface area contributed by atoms with Crippen molar-refractivity contribution in [2.24, 2.45) is 0 Å². The van der Waals surface area contributed by atoms with E-state index in [0.29, 0.717) is 21.1 Å². The predicted molar refractivity (Wildman–Crippen MR) is 126 cm³/mol. The molecule has 0 spiro atoms. The fourth-order valence-corrected chi connectivity index (χ4v) is 5.30. The number of thioether (sulfide) groups is 1. The molecule has 174 valence electrons. The predicted octanol–water partition coefficient (Wildman–Crippen LogP) is 6.44. The maximum Gasteiger partial charge on any atom is 0.387 e. The molecule has 4 rings (SSSR count). The van der Waals surface area contributed by atoms with Gasteiger partial charge in [-0.05, 0) is 50.1 Å². The first kappa shape index (κ1) is 23.7. The van der Waals surface area contributed by atoms with Crippen molar-refractivity contribution in [3.63, 3.8) is 0 Å². The molecule has 33 heavy (non-hydrogen) atoms. The maximum absolute atomic E-state index is 13.4. The van der Waals surface area contributed by atoms with Crippen molar-refractivity contribution in [1.29, 1.82) is 0 Å². The first-order valence-corrected chi connectivity index (χ1v) is 12.1. The number of ketones is 1. The van der Waals surface area contributed by atoms with Gasteiger partial charge in [-0.2, -0.15) is 8.78 Å². The Hall–Kier alpha value is -2.45. The summed E-state index contributed by atoms with van der Waals surface area (Å²) in [6, 6.07) is 9.48. The van der Waals surface area contributed by atoms with E-state index in [2.05, 4.69) is 9.72 Å². The van der Waals surface area contributed by atoms with Gasteiger partial charge in [-0.25, -0.2) is 4.98 Å². The third-order valence-electron chi connectivity index (χ3n) is 5.75. The maximum atomic E-state index is 13.4. The topological polar surface area (TPSA) is 61.2 Å². The van der Waals surface area contributed by atoms with E-state index >= 15 is 0 Å². The Morgan fingerprint density at radius 3 is 2.70 bits per heavy atom. The molecule has 0 atom stereocenters. The van der Waals surface area contributed by atoms with Crippen LogP contribution in [0.4, 0.5) is 8.78 Å². The molecule has 0 aliphatic heterocycles. The Morgan fingerprint density at radius 2 is 1.97 bits per heavy atom. The number of Topliss-reactive ketones (excluding diaryl/α,β-unsaturated/α-hetero) is 1. The van der Waals surface area contributed by atoms with E-state index in [0.717, 1.165) is 49.4 Å². The zero-order valence-electron chi connectivity index (χ0n) is 18.0. The van der Waals surface area contributed by atoms with Gasteiger partial charge < -0.3 is 4.74 Å². The number of hydrogen-bond acceptors (Lipinski definition) is 5. The minimum Gasteiger partial charge on any atom is -0.434 e. The summed E-state index contributed by atoms with van der Waals surface area (Å²) in [5, 5.41) is 1.37. The summed E-state index contributed by atoms with van der Waals surface area (Å²) in [6.07, 6.45) is 4.91. The number of carbonyl (C=O) groups excluding carboxylic acids is 1. The molecule has 0 bridgehead atoms. The molecule has 3 aromatic rings. The van der Waals surface area contributed by atoms with Crippen molar-refractivity contribution in [2.75, 3.05) is 5.75 Å². The van der Waals surface area contributed by atoms with Crippen LogP contribution in [-0.2, 0) is 0 Å². The van der Waals surface area contributed by atoms with Crippen LogP contribution in [0, 0.1) is 6.92 Å². The third-order valence-corrected chi connectivity index (χ3v) is 6.94. The molecule has 0 radical (unpaired) electrons. The van der Waals surface area contributed by atoms with Crippen molar-refractivity contribution < 1.29 is 18.3 Å². The SMILES string of the molecule is Cc1ccc(OC(F)F)c(C(=O)CSc2nc3cc(Cl)ccc3c(=O)n2C2CCCCC2)c1. The minimum atomic E-state index is -3.03. The van der Waals surface area contributed by atoms with E-state index < -0.39 is 6.61 Å². The van der Waals surface area contributed by atoms with Crippen LogP contribution in [0.15, 0.2) is 46.3 Å². The highest BCUT2D eigenvalue weighted by Gasteiger charge is 2.23. The molecule has 2 aromatic carbocycles. The molecule has 0 N–H and O–H groups in total. The summed E-state index contributed by atoms with van der Waals surface area (Å²) in [7, 11) is 0. The molecule has 1 aliphatic carbocycles. The summed E-state index contributed by atoms with van der Waals surface area (Å²) >= 11 is 7.24. The quantitative estimate of drug-likeness (QED) is 0.216. The first-order valence-electron chi connectivity index (χ1n) is 10.8. The molecule has 1 aliphatic rings. The normalized spacial score (nSPS) is 14.7. The highest BCUT2D eigenvalue weighted by Crippen LogP contribution is 2.32. The first-order chi connectivity index (χ1) is 15.8. The fraction of sp³-hybridized carbons (Fsp3) is 0.375. The second-order valence-electron chi connectivity index (χ2n) is 8.11.